The maximum Gasteiger partial charge on any atom is 0.222 e. The Hall–Kier alpha value is -0.860. The molecule has 0 bridgehead atoms. The van der Waals surface area contributed by atoms with E-state index < -0.39 is 0 Å². The molecule has 1 amide bonds. The van der Waals surface area contributed by atoms with Gasteiger partial charge in [-0.25, -0.2) is 0 Å². The molecule has 1 saturated carbocycles. The van der Waals surface area contributed by atoms with Crippen LogP contribution in [0.5, 0.6) is 0 Å². The third kappa shape index (κ3) is 3.48. The van der Waals surface area contributed by atoms with Gasteiger partial charge in [-0.05, 0) is 18.8 Å². The Morgan fingerprint density at radius 3 is 2.50 bits per heavy atom. The van der Waals surface area contributed by atoms with Crippen molar-refractivity contribution in [1.82, 2.24) is 5.32 Å². The van der Waals surface area contributed by atoms with Crippen molar-refractivity contribution in [3.05, 3.63) is 0 Å². The average Bonchev–Trinajstić information content (AvgIpc) is 2.16. The number of hydrogen-bond acceptors (Lipinski definition) is 2. The van der Waals surface area contributed by atoms with Gasteiger partial charge in [-0.3, -0.25) is 9.59 Å². The van der Waals surface area contributed by atoms with Crippen molar-refractivity contribution in [2.24, 2.45) is 11.8 Å². The molecule has 0 aliphatic heterocycles. The summed E-state index contributed by atoms with van der Waals surface area (Å²) < 4.78 is 0. The molecule has 3 heteroatoms. The first-order chi connectivity index (χ1) is 6.59. The Kier molecular flexibility index (Phi) is 4.11. The predicted molar refractivity (Wildman–Crippen MR) is 54.8 cm³/mol. The van der Waals surface area contributed by atoms with Gasteiger partial charge in [0.15, 0.2) is 0 Å². The second-order valence-electron chi connectivity index (χ2n) is 4.38. The van der Waals surface area contributed by atoms with Crippen LogP contribution in [0.25, 0.3) is 0 Å². The van der Waals surface area contributed by atoms with Gasteiger partial charge in [-0.2, -0.15) is 0 Å². The first kappa shape index (κ1) is 11.2. The van der Waals surface area contributed by atoms with Crippen molar-refractivity contribution in [2.75, 3.05) is 6.54 Å². The van der Waals surface area contributed by atoms with E-state index in [0.29, 0.717) is 24.5 Å². The van der Waals surface area contributed by atoms with E-state index in [4.69, 9.17) is 0 Å². The zero-order chi connectivity index (χ0) is 10.6. The molecular formula is C11H19NO2. The molecule has 0 saturated heterocycles. The van der Waals surface area contributed by atoms with Gasteiger partial charge in [-0.1, -0.05) is 13.8 Å². The fourth-order valence-electron chi connectivity index (χ4n) is 1.65. The molecule has 0 aromatic carbocycles. The van der Waals surface area contributed by atoms with E-state index in [1.165, 1.54) is 0 Å². The monoisotopic (exact) mass is 197 g/mol. The summed E-state index contributed by atoms with van der Waals surface area (Å²) in [6.45, 7) is 4.52. The number of carbonyl (C=O) groups excluding carboxylic acids is 2. The molecule has 1 aliphatic rings. The van der Waals surface area contributed by atoms with Crippen LogP contribution in [0.3, 0.4) is 0 Å². The zero-order valence-electron chi connectivity index (χ0n) is 9.01. The maximum absolute atomic E-state index is 11.3. The summed E-state index contributed by atoms with van der Waals surface area (Å²) in [5, 5.41) is 2.92. The Morgan fingerprint density at radius 1 is 1.43 bits per heavy atom. The van der Waals surface area contributed by atoms with Crippen LogP contribution in [0.4, 0.5) is 0 Å². The molecule has 0 unspecified atom stereocenters. The summed E-state index contributed by atoms with van der Waals surface area (Å²) in [6.07, 6.45) is 3.28. The Morgan fingerprint density at radius 2 is 2.00 bits per heavy atom. The second kappa shape index (κ2) is 5.13. The minimum absolute atomic E-state index is 0.0558. The van der Waals surface area contributed by atoms with Gasteiger partial charge in [-0.15, -0.1) is 0 Å². The molecule has 0 heterocycles. The minimum atomic E-state index is 0.0558. The topological polar surface area (TPSA) is 46.2 Å². The third-order valence-corrected chi connectivity index (χ3v) is 2.75. The van der Waals surface area contributed by atoms with E-state index in [9.17, 15) is 9.59 Å². The first-order valence-corrected chi connectivity index (χ1v) is 5.39. The molecule has 14 heavy (non-hydrogen) atoms. The SMILES string of the molecule is CC(C)C(=O)NCC1CCC(=O)CC1. The minimum Gasteiger partial charge on any atom is -0.356 e. The van der Waals surface area contributed by atoms with Crippen molar-refractivity contribution >= 4 is 11.7 Å². The van der Waals surface area contributed by atoms with Crippen LogP contribution in [0, 0.1) is 11.8 Å². The van der Waals surface area contributed by atoms with Gasteiger partial charge in [0.2, 0.25) is 5.91 Å². The predicted octanol–water partition coefficient (Wildman–Crippen LogP) is 1.52. The first-order valence-electron chi connectivity index (χ1n) is 5.39. The van der Waals surface area contributed by atoms with Crippen LogP contribution in [-0.4, -0.2) is 18.2 Å². The quantitative estimate of drug-likeness (QED) is 0.745. The number of Topliss-reactive ketones (excluding diaryl/α,β-unsaturated/α-hetero) is 1. The number of hydrogen-bond donors (Lipinski definition) is 1. The van der Waals surface area contributed by atoms with E-state index in [-0.39, 0.29) is 11.8 Å². The number of nitrogens with one attached hydrogen (secondary N) is 1. The number of ketones is 1. The maximum atomic E-state index is 11.3. The fraction of sp³-hybridized carbons (Fsp3) is 0.818. The van der Waals surface area contributed by atoms with Crippen LogP contribution < -0.4 is 5.32 Å². The van der Waals surface area contributed by atoms with E-state index in [2.05, 4.69) is 5.32 Å². The molecule has 0 radical (unpaired) electrons. The largest absolute Gasteiger partial charge is 0.356 e. The van der Waals surface area contributed by atoms with E-state index in [1.54, 1.807) is 0 Å². The van der Waals surface area contributed by atoms with Gasteiger partial charge < -0.3 is 5.32 Å². The van der Waals surface area contributed by atoms with Gasteiger partial charge in [0, 0.05) is 25.3 Å². The van der Waals surface area contributed by atoms with E-state index >= 15 is 0 Å². The van der Waals surface area contributed by atoms with Gasteiger partial charge >= 0.3 is 0 Å². The summed E-state index contributed by atoms with van der Waals surface area (Å²) >= 11 is 0. The molecule has 3 nitrogen and oxygen atoms in total. The van der Waals surface area contributed by atoms with Crippen LogP contribution in [0.15, 0.2) is 0 Å². The third-order valence-electron chi connectivity index (χ3n) is 2.75. The van der Waals surface area contributed by atoms with Crippen LogP contribution in [0.2, 0.25) is 0 Å². The summed E-state index contributed by atoms with van der Waals surface area (Å²) in [7, 11) is 0. The highest BCUT2D eigenvalue weighted by Crippen LogP contribution is 2.20. The number of carbonyl (C=O) groups is 2. The van der Waals surface area contributed by atoms with Crippen molar-refractivity contribution in [3.63, 3.8) is 0 Å². The van der Waals surface area contributed by atoms with Crippen molar-refractivity contribution in [3.8, 4) is 0 Å². The van der Waals surface area contributed by atoms with Gasteiger partial charge in [0.25, 0.3) is 0 Å². The highest BCUT2D eigenvalue weighted by molar-refractivity contribution is 5.79. The normalized spacial score (nSPS) is 18.6. The Bertz CT molecular complexity index is 213. The Labute approximate surface area is 85.3 Å². The summed E-state index contributed by atoms with van der Waals surface area (Å²) in [6, 6.07) is 0. The molecular weight excluding hydrogens is 178 g/mol. The van der Waals surface area contributed by atoms with Crippen molar-refractivity contribution in [2.45, 2.75) is 39.5 Å². The summed E-state index contributed by atoms with van der Waals surface area (Å²) in [5.74, 6) is 1.05. The second-order valence-corrected chi connectivity index (χ2v) is 4.38. The average molecular weight is 197 g/mol. The molecule has 0 atom stereocenters. The standard InChI is InChI=1S/C11H19NO2/c1-8(2)11(14)12-7-9-3-5-10(13)6-4-9/h8-9H,3-7H2,1-2H3,(H,12,14). The summed E-state index contributed by atoms with van der Waals surface area (Å²) in [4.78, 5) is 22.2. The van der Waals surface area contributed by atoms with E-state index in [1.807, 2.05) is 13.8 Å². The fourth-order valence-corrected chi connectivity index (χ4v) is 1.65. The Balaban J connectivity index is 2.19. The van der Waals surface area contributed by atoms with Gasteiger partial charge in [0.05, 0.1) is 0 Å². The lowest BCUT2D eigenvalue weighted by atomic mass is 9.88. The van der Waals surface area contributed by atoms with Crippen LogP contribution in [0.1, 0.15) is 39.5 Å². The molecule has 1 rings (SSSR count). The smallest absolute Gasteiger partial charge is 0.222 e. The lowest BCUT2D eigenvalue weighted by Gasteiger charge is -2.21. The van der Waals surface area contributed by atoms with E-state index in [0.717, 1.165) is 19.4 Å². The highest BCUT2D eigenvalue weighted by Gasteiger charge is 2.19. The van der Waals surface area contributed by atoms with Crippen molar-refractivity contribution < 1.29 is 9.59 Å². The molecule has 80 valence electrons. The molecule has 1 N–H and O–H groups in total. The lowest BCUT2D eigenvalue weighted by Crippen LogP contribution is -2.33. The molecule has 0 spiro atoms. The van der Waals surface area contributed by atoms with Crippen molar-refractivity contribution in [1.29, 1.82) is 0 Å². The number of rotatable bonds is 3. The molecule has 0 aromatic rings. The highest BCUT2D eigenvalue weighted by atomic mass is 16.1. The zero-order valence-corrected chi connectivity index (χ0v) is 9.01. The number of amides is 1. The van der Waals surface area contributed by atoms with Crippen LogP contribution in [-0.2, 0) is 9.59 Å². The lowest BCUT2D eigenvalue weighted by molar-refractivity contribution is -0.124. The molecule has 1 aliphatic carbocycles. The molecule has 0 aromatic heterocycles. The summed E-state index contributed by atoms with van der Waals surface area (Å²) in [5.41, 5.74) is 0. The van der Waals surface area contributed by atoms with Gasteiger partial charge in [0.1, 0.15) is 5.78 Å². The van der Waals surface area contributed by atoms with Crippen LogP contribution >= 0.6 is 0 Å². The molecule has 1 fully saturated rings.